The van der Waals surface area contributed by atoms with Crippen LogP contribution in [0.15, 0.2) is 42.7 Å². The Labute approximate surface area is 165 Å². The molecule has 7 nitrogen and oxygen atoms in total. The summed E-state index contributed by atoms with van der Waals surface area (Å²) in [5, 5.41) is 15.2. The first-order valence-corrected chi connectivity index (χ1v) is 8.57. The number of benzene rings is 2. The highest BCUT2D eigenvalue weighted by Crippen LogP contribution is 2.36. The van der Waals surface area contributed by atoms with Crippen LogP contribution in [-0.2, 0) is 0 Å². The van der Waals surface area contributed by atoms with Crippen LogP contribution in [0.1, 0.15) is 11.1 Å². The molecule has 0 saturated heterocycles. The van der Waals surface area contributed by atoms with Crippen molar-refractivity contribution in [3.05, 3.63) is 74.0 Å². The van der Waals surface area contributed by atoms with Crippen molar-refractivity contribution in [3.8, 4) is 11.6 Å². The van der Waals surface area contributed by atoms with Gasteiger partial charge < -0.3 is 10.1 Å². The maximum absolute atomic E-state index is 11.6. The van der Waals surface area contributed by atoms with E-state index in [9.17, 15) is 10.1 Å². The van der Waals surface area contributed by atoms with E-state index in [1.807, 2.05) is 19.9 Å². The monoisotopic (exact) mass is 404 g/mol. The van der Waals surface area contributed by atoms with Gasteiger partial charge in [-0.1, -0.05) is 29.3 Å². The SMILES string of the molecule is Cc1ccc(Oc2ncnc(Nc3ccc(Cl)c(Cl)c3)c2[N+](=O)[O-])cc1C. The minimum absolute atomic E-state index is 0.0211. The van der Waals surface area contributed by atoms with Crippen LogP contribution in [-0.4, -0.2) is 14.9 Å². The van der Waals surface area contributed by atoms with Gasteiger partial charge in [0.05, 0.1) is 15.0 Å². The van der Waals surface area contributed by atoms with Crippen molar-refractivity contribution in [1.82, 2.24) is 9.97 Å². The Morgan fingerprint density at radius 2 is 1.81 bits per heavy atom. The number of ether oxygens (including phenoxy) is 1. The van der Waals surface area contributed by atoms with Crippen molar-refractivity contribution in [1.29, 1.82) is 0 Å². The van der Waals surface area contributed by atoms with Gasteiger partial charge >= 0.3 is 11.6 Å². The van der Waals surface area contributed by atoms with Crippen molar-refractivity contribution in [2.75, 3.05) is 5.32 Å². The number of aryl methyl sites for hydroxylation is 2. The molecule has 1 N–H and O–H groups in total. The molecule has 138 valence electrons. The van der Waals surface area contributed by atoms with Crippen LogP contribution in [0.25, 0.3) is 0 Å². The van der Waals surface area contributed by atoms with E-state index in [2.05, 4.69) is 15.3 Å². The first-order chi connectivity index (χ1) is 12.8. The summed E-state index contributed by atoms with van der Waals surface area (Å²) in [6.45, 7) is 3.89. The summed E-state index contributed by atoms with van der Waals surface area (Å²) in [6, 6.07) is 10.1. The van der Waals surface area contributed by atoms with Gasteiger partial charge in [0.25, 0.3) is 0 Å². The Morgan fingerprint density at radius 3 is 2.48 bits per heavy atom. The van der Waals surface area contributed by atoms with Gasteiger partial charge in [0, 0.05) is 5.69 Å². The molecule has 0 radical (unpaired) electrons. The third-order valence-electron chi connectivity index (χ3n) is 3.85. The van der Waals surface area contributed by atoms with E-state index >= 15 is 0 Å². The summed E-state index contributed by atoms with van der Waals surface area (Å²) in [6.07, 6.45) is 1.18. The first kappa shape index (κ1) is 18.9. The van der Waals surface area contributed by atoms with Crippen LogP contribution in [0.4, 0.5) is 17.2 Å². The Morgan fingerprint density at radius 1 is 1.04 bits per heavy atom. The number of hydrogen-bond donors (Lipinski definition) is 1. The molecule has 3 aromatic rings. The van der Waals surface area contributed by atoms with E-state index in [0.717, 1.165) is 11.1 Å². The van der Waals surface area contributed by atoms with Gasteiger partial charge in [-0.15, -0.1) is 0 Å². The van der Waals surface area contributed by atoms with E-state index in [4.69, 9.17) is 27.9 Å². The second-order valence-corrected chi connectivity index (χ2v) is 6.55. The lowest BCUT2D eigenvalue weighted by Gasteiger charge is -2.10. The van der Waals surface area contributed by atoms with E-state index in [0.29, 0.717) is 21.5 Å². The summed E-state index contributed by atoms with van der Waals surface area (Å²) < 4.78 is 5.65. The van der Waals surface area contributed by atoms with Crippen molar-refractivity contribution in [3.63, 3.8) is 0 Å². The summed E-state index contributed by atoms with van der Waals surface area (Å²) in [7, 11) is 0. The number of nitrogens with one attached hydrogen (secondary N) is 1. The Balaban J connectivity index is 1.97. The van der Waals surface area contributed by atoms with E-state index in [-0.39, 0.29) is 17.4 Å². The third kappa shape index (κ3) is 4.27. The molecule has 2 aromatic carbocycles. The standard InChI is InChI=1S/C18H14Cl2N4O3/c1-10-3-5-13(7-11(10)2)27-18-16(24(25)26)17(21-9-22-18)23-12-4-6-14(19)15(20)8-12/h3-9H,1-2H3,(H,21,22,23). The number of anilines is 2. The first-order valence-electron chi connectivity index (χ1n) is 7.81. The highest BCUT2D eigenvalue weighted by Gasteiger charge is 2.25. The number of nitrogens with zero attached hydrogens (tertiary/aromatic N) is 3. The molecule has 0 aliphatic carbocycles. The fourth-order valence-electron chi connectivity index (χ4n) is 2.29. The Kier molecular flexibility index (Phi) is 5.43. The molecule has 1 heterocycles. The van der Waals surface area contributed by atoms with Crippen molar-refractivity contribution in [2.45, 2.75) is 13.8 Å². The molecule has 0 aliphatic heterocycles. The lowest BCUT2D eigenvalue weighted by atomic mass is 10.1. The smallest absolute Gasteiger partial charge is 0.373 e. The average molecular weight is 405 g/mol. The highest BCUT2D eigenvalue weighted by molar-refractivity contribution is 6.42. The zero-order valence-electron chi connectivity index (χ0n) is 14.4. The van der Waals surface area contributed by atoms with Crippen LogP contribution in [0.3, 0.4) is 0 Å². The molecule has 0 unspecified atom stereocenters. The van der Waals surface area contributed by atoms with Crippen LogP contribution >= 0.6 is 23.2 Å². The fraction of sp³-hybridized carbons (Fsp3) is 0.111. The average Bonchev–Trinajstić information content (AvgIpc) is 2.61. The molecule has 27 heavy (non-hydrogen) atoms. The van der Waals surface area contributed by atoms with Crippen LogP contribution < -0.4 is 10.1 Å². The molecular formula is C18H14Cl2N4O3. The maximum Gasteiger partial charge on any atom is 0.373 e. The summed E-state index contributed by atoms with van der Waals surface area (Å²) in [4.78, 5) is 18.9. The quantitative estimate of drug-likeness (QED) is 0.423. The molecule has 0 fully saturated rings. The lowest BCUT2D eigenvalue weighted by molar-refractivity contribution is -0.385. The molecule has 3 rings (SSSR count). The molecule has 0 atom stereocenters. The highest BCUT2D eigenvalue weighted by atomic mass is 35.5. The maximum atomic E-state index is 11.6. The molecule has 1 aromatic heterocycles. The zero-order valence-corrected chi connectivity index (χ0v) is 15.9. The van der Waals surface area contributed by atoms with Gasteiger partial charge in [-0.05, 0) is 55.3 Å². The number of hydrogen-bond acceptors (Lipinski definition) is 6. The Hall–Kier alpha value is -2.90. The summed E-state index contributed by atoms with van der Waals surface area (Å²) >= 11 is 11.9. The number of aromatic nitrogens is 2. The number of rotatable bonds is 5. The minimum Gasteiger partial charge on any atom is -0.434 e. The molecule has 0 saturated carbocycles. The predicted octanol–water partition coefficient (Wildman–Crippen LogP) is 5.84. The minimum atomic E-state index is -0.601. The second-order valence-electron chi connectivity index (χ2n) is 5.74. The van der Waals surface area contributed by atoms with Crippen LogP contribution in [0.2, 0.25) is 10.0 Å². The van der Waals surface area contributed by atoms with Crippen LogP contribution in [0, 0.1) is 24.0 Å². The molecule has 0 bridgehead atoms. The normalized spacial score (nSPS) is 10.5. The molecule has 9 heteroatoms. The third-order valence-corrected chi connectivity index (χ3v) is 4.59. The van der Waals surface area contributed by atoms with Crippen LogP contribution in [0.5, 0.6) is 11.6 Å². The van der Waals surface area contributed by atoms with Crippen molar-refractivity contribution >= 4 is 40.4 Å². The van der Waals surface area contributed by atoms with E-state index in [1.54, 1.807) is 30.3 Å². The molecule has 0 aliphatic rings. The van der Waals surface area contributed by atoms with Gasteiger partial charge in [0.15, 0.2) is 0 Å². The molecular weight excluding hydrogens is 391 g/mol. The second kappa shape index (κ2) is 7.77. The van der Waals surface area contributed by atoms with Crippen molar-refractivity contribution < 1.29 is 9.66 Å². The number of nitro groups is 1. The van der Waals surface area contributed by atoms with Gasteiger partial charge in [0.1, 0.15) is 12.1 Å². The van der Waals surface area contributed by atoms with Gasteiger partial charge in [-0.2, -0.15) is 4.98 Å². The van der Waals surface area contributed by atoms with E-state index in [1.165, 1.54) is 6.33 Å². The van der Waals surface area contributed by atoms with Gasteiger partial charge in [-0.25, -0.2) is 4.98 Å². The summed E-state index contributed by atoms with van der Waals surface area (Å²) in [5.41, 5.74) is 2.19. The van der Waals surface area contributed by atoms with E-state index < -0.39 is 4.92 Å². The van der Waals surface area contributed by atoms with Crippen molar-refractivity contribution in [2.24, 2.45) is 0 Å². The molecule has 0 amide bonds. The van der Waals surface area contributed by atoms with Gasteiger partial charge in [-0.3, -0.25) is 10.1 Å². The topological polar surface area (TPSA) is 90.2 Å². The largest absolute Gasteiger partial charge is 0.434 e. The number of halogens is 2. The fourth-order valence-corrected chi connectivity index (χ4v) is 2.59. The predicted molar refractivity (Wildman–Crippen MR) is 104 cm³/mol. The summed E-state index contributed by atoms with van der Waals surface area (Å²) in [5.74, 6) is 0.258. The van der Waals surface area contributed by atoms with Gasteiger partial charge in [0.2, 0.25) is 5.82 Å². The lowest BCUT2D eigenvalue weighted by Crippen LogP contribution is -2.03. The molecule has 0 spiro atoms. The zero-order chi connectivity index (χ0) is 19.6. The Bertz CT molecular complexity index is 956.